The first-order valence-electron chi connectivity index (χ1n) is 7.46. The van der Waals surface area contributed by atoms with Crippen LogP contribution in [0.1, 0.15) is 11.4 Å². The molecular weight excluding hydrogens is 264 g/mol. The predicted molar refractivity (Wildman–Crippen MR) is 83.1 cm³/mol. The van der Waals surface area contributed by atoms with Gasteiger partial charge in [0, 0.05) is 50.7 Å². The predicted octanol–water partition coefficient (Wildman–Crippen LogP) is 1.39. The van der Waals surface area contributed by atoms with Crippen molar-refractivity contribution in [2.24, 2.45) is 0 Å². The highest BCUT2D eigenvalue weighted by Crippen LogP contribution is 2.10. The Bertz CT molecular complexity index is 575. The molecule has 1 aromatic carbocycles. The molecule has 0 radical (unpaired) electrons. The number of ether oxygens (including phenoxy) is 1. The fraction of sp³-hybridized carbons (Fsp3) is 0.438. The van der Waals surface area contributed by atoms with Gasteiger partial charge in [0.2, 0.25) is 0 Å². The second-order valence-electron chi connectivity index (χ2n) is 5.42. The lowest BCUT2D eigenvalue weighted by molar-refractivity contribution is 0.0381. The molecule has 2 aromatic rings. The van der Waals surface area contributed by atoms with Gasteiger partial charge < -0.3 is 15.0 Å². The third-order valence-electron chi connectivity index (χ3n) is 3.86. The van der Waals surface area contributed by atoms with Crippen molar-refractivity contribution in [3.05, 3.63) is 48.0 Å². The van der Waals surface area contributed by atoms with E-state index in [2.05, 4.69) is 20.5 Å². The van der Waals surface area contributed by atoms with Crippen LogP contribution in [0.2, 0.25) is 0 Å². The van der Waals surface area contributed by atoms with Crippen molar-refractivity contribution in [1.29, 1.82) is 0 Å². The molecule has 0 atom stereocenters. The van der Waals surface area contributed by atoms with Crippen LogP contribution >= 0.6 is 0 Å². The van der Waals surface area contributed by atoms with Crippen molar-refractivity contribution in [2.45, 2.75) is 13.0 Å². The molecule has 2 heterocycles. The van der Waals surface area contributed by atoms with E-state index in [1.54, 1.807) is 0 Å². The van der Waals surface area contributed by atoms with Crippen molar-refractivity contribution in [3.8, 4) is 0 Å². The van der Waals surface area contributed by atoms with Crippen LogP contribution in [-0.2, 0) is 17.7 Å². The van der Waals surface area contributed by atoms with Gasteiger partial charge in [0.25, 0.3) is 0 Å². The van der Waals surface area contributed by atoms with Gasteiger partial charge in [-0.2, -0.15) is 0 Å². The standard InChI is InChI=1S/C16H22N4O/c17-15-3-1-2-14(12-15)13-20-7-5-18-16(20)4-6-19-8-10-21-11-9-19/h1-3,5,7,12H,4,6,8-11,13,17H2. The summed E-state index contributed by atoms with van der Waals surface area (Å²) in [7, 11) is 0. The zero-order valence-corrected chi connectivity index (χ0v) is 12.2. The van der Waals surface area contributed by atoms with Crippen molar-refractivity contribution < 1.29 is 4.74 Å². The number of nitrogen functional groups attached to an aromatic ring is 1. The summed E-state index contributed by atoms with van der Waals surface area (Å²) in [5.41, 5.74) is 7.86. The van der Waals surface area contributed by atoms with E-state index >= 15 is 0 Å². The van der Waals surface area contributed by atoms with Gasteiger partial charge in [-0.3, -0.25) is 4.90 Å². The van der Waals surface area contributed by atoms with E-state index in [0.29, 0.717) is 0 Å². The van der Waals surface area contributed by atoms with Crippen molar-refractivity contribution >= 4 is 5.69 Å². The molecule has 3 rings (SSSR count). The minimum absolute atomic E-state index is 0.808. The number of rotatable bonds is 5. The fourth-order valence-electron chi connectivity index (χ4n) is 2.68. The number of aromatic nitrogens is 2. The molecule has 2 N–H and O–H groups in total. The zero-order chi connectivity index (χ0) is 14.5. The molecule has 1 saturated heterocycles. The first-order valence-corrected chi connectivity index (χ1v) is 7.46. The van der Waals surface area contributed by atoms with E-state index in [-0.39, 0.29) is 0 Å². The number of nitrogens with two attached hydrogens (primary N) is 1. The lowest BCUT2D eigenvalue weighted by atomic mass is 10.2. The number of hydrogen-bond acceptors (Lipinski definition) is 4. The minimum Gasteiger partial charge on any atom is -0.399 e. The smallest absolute Gasteiger partial charge is 0.110 e. The van der Waals surface area contributed by atoms with Gasteiger partial charge in [-0.1, -0.05) is 12.1 Å². The number of anilines is 1. The topological polar surface area (TPSA) is 56.3 Å². The van der Waals surface area contributed by atoms with Crippen molar-refractivity contribution in [1.82, 2.24) is 14.5 Å². The normalized spacial score (nSPS) is 16.2. The highest BCUT2D eigenvalue weighted by Gasteiger charge is 2.11. The summed E-state index contributed by atoms with van der Waals surface area (Å²) < 4.78 is 7.58. The Morgan fingerprint density at radius 3 is 2.90 bits per heavy atom. The minimum atomic E-state index is 0.808. The molecule has 0 bridgehead atoms. The third kappa shape index (κ3) is 3.83. The second kappa shape index (κ2) is 6.74. The molecule has 1 fully saturated rings. The lowest BCUT2D eigenvalue weighted by Crippen LogP contribution is -2.37. The maximum Gasteiger partial charge on any atom is 0.110 e. The van der Waals surface area contributed by atoms with Crippen LogP contribution in [0.15, 0.2) is 36.7 Å². The summed E-state index contributed by atoms with van der Waals surface area (Å²) in [6, 6.07) is 8.03. The summed E-state index contributed by atoms with van der Waals surface area (Å²) in [5, 5.41) is 0. The van der Waals surface area contributed by atoms with Crippen molar-refractivity contribution in [3.63, 3.8) is 0 Å². The number of hydrogen-bond donors (Lipinski definition) is 1. The van der Waals surface area contributed by atoms with E-state index < -0.39 is 0 Å². The van der Waals surface area contributed by atoms with E-state index in [9.17, 15) is 0 Å². The molecule has 1 aliphatic rings. The van der Waals surface area contributed by atoms with E-state index in [4.69, 9.17) is 10.5 Å². The molecule has 5 heteroatoms. The highest BCUT2D eigenvalue weighted by molar-refractivity contribution is 5.40. The zero-order valence-electron chi connectivity index (χ0n) is 12.2. The molecule has 0 aliphatic carbocycles. The quantitative estimate of drug-likeness (QED) is 0.844. The summed E-state index contributed by atoms with van der Waals surface area (Å²) in [5.74, 6) is 1.13. The van der Waals surface area contributed by atoms with Crippen molar-refractivity contribution in [2.75, 3.05) is 38.6 Å². The Hall–Kier alpha value is -1.85. The average molecular weight is 286 g/mol. The summed E-state index contributed by atoms with van der Waals surface area (Å²) in [6.45, 7) is 5.60. The van der Waals surface area contributed by atoms with Gasteiger partial charge in [-0.15, -0.1) is 0 Å². The number of benzene rings is 1. The lowest BCUT2D eigenvalue weighted by Gasteiger charge is -2.26. The van der Waals surface area contributed by atoms with E-state index in [1.165, 1.54) is 5.56 Å². The van der Waals surface area contributed by atoms with E-state index in [1.807, 2.05) is 30.6 Å². The van der Waals surface area contributed by atoms with Gasteiger partial charge in [-0.05, 0) is 17.7 Å². The molecule has 0 unspecified atom stereocenters. The van der Waals surface area contributed by atoms with E-state index in [0.717, 1.165) is 57.3 Å². The Labute approximate surface area is 125 Å². The van der Waals surface area contributed by atoms with Gasteiger partial charge in [-0.25, -0.2) is 4.98 Å². The van der Waals surface area contributed by atoms with Crippen LogP contribution in [0.25, 0.3) is 0 Å². The van der Waals surface area contributed by atoms with Crippen LogP contribution in [-0.4, -0.2) is 47.3 Å². The number of nitrogens with zero attached hydrogens (tertiary/aromatic N) is 3. The molecule has 21 heavy (non-hydrogen) atoms. The van der Waals surface area contributed by atoms with Crippen LogP contribution in [0.3, 0.4) is 0 Å². The molecular formula is C16H22N4O. The van der Waals surface area contributed by atoms with Gasteiger partial charge in [0.15, 0.2) is 0 Å². The molecule has 112 valence electrons. The first kappa shape index (κ1) is 14.1. The highest BCUT2D eigenvalue weighted by atomic mass is 16.5. The molecule has 1 aromatic heterocycles. The summed E-state index contributed by atoms with van der Waals surface area (Å²) in [4.78, 5) is 6.93. The number of morpholine rings is 1. The van der Waals surface area contributed by atoms with Gasteiger partial charge in [0.05, 0.1) is 13.2 Å². The Morgan fingerprint density at radius 1 is 1.24 bits per heavy atom. The summed E-state index contributed by atoms with van der Waals surface area (Å²) in [6.07, 6.45) is 4.88. The largest absolute Gasteiger partial charge is 0.399 e. The average Bonchev–Trinajstić information content (AvgIpc) is 2.93. The summed E-state index contributed by atoms with van der Waals surface area (Å²) >= 11 is 0. The first-order chi connectivity index (χ1) is 10.3. The monoisotopic (exact) mass is 286 g/mol. The van der Waals surface area contributed by atoms with Crippen LogP contribution < -0.4 is 5.73 Å². The van der Waals surface area contributed by atoms with Crippen LogP contribution in [0.5, 0.6) is 0 Å². The molecule has 1 aliphatic heterocycles. The molecule has 0 spiro atoms. The van der Waals surface area contributed by atoms with Gasteiger partial charge >= 0.3 is 0 Å². The second-order valence-corrected chi connectivity index (χ2v) is 5.42. The number of imidazole rings is 1. The van der Waals surface area contributed by atoms with Gasteiger partial charge in [0.1, 0.15) is 5.82 Å². The third-order valence-corrected chi connectivity index (χ3v) is 3.86. The molecule has 0 amide bonds. The maximum atomic E-state index is 5.84. The fourth-order valence-corrected chi connectivity index (χ4v) is 2.68. The Morgan fingerprint density at radius 2 is 2.10 bits per heavy atom. The maximum absolute atomic E-state index is 5.84. The SMILES string of the molecule is Nc1cccc(Cn2ccnc2CCN2CCOCC2)c1. The molecule has 5 nitrogen and oxygen atoms in total. The Balaban J connectivity index is 1.60. The molecule has 0 saturated carbocycles. The van der Waals surface area contributed by atoms with Crippen LogP contribution in [0, 0.1) is 0 Å². The van der Waals surface area contributed by atoms with Crippen LogP contribution in [0.4, 0.5) is 5.69 Å². The Kier molecular flexibility index (Phi) is 4.52.